The van der Waals surface area contributed by atoms with E-state index in [1.807, 2.05) is 23.1 Å². The van der Waals surface area contributed by atoms with Gasteiger partial charge in [-0.1, -0.05) is 12.8 Å². The predicted octanol–water partition coefficient (Wildman–Crippen LogP) is 3.08. The maximum absolute atomic E-state index is 12.0. The minimum atomic E-state index is -2.98. The number of pyridine rings is 1. The zero-order valence-electron chi connectivity index (χ0n) is 14.3. The van der Waals surface area contributed by atoms with E-state index in [0.29, 0.717) is 12.3 Å². The van der Waals surface area contributed by atoms with Crippen LogP contribution < -0.4 is 0 Å². The molecular formula is C17H22N4O2S2. The Hall–Kier alpha value is -1.41. The molecule has 0 radical (unpaired) electrons. The molecule has 134 valence electrons. The highest BCUT2D eigenvalue weighted by molar-refractivity contribution is 7.98. The van der Waals surface area contributed by atoms with E-state index in [0.717, 1.165) is 35.1 Å². The van der Waals surface area contributed by atoms with Crippen LogP contribution in [0.25, 0.3) is 11.4 Å². The molecule has 3 heterocycles. The Balaban J connectivity index is 1.80. The third-order valence-electron chi connectivity index (χ3n) is 5.13. The average Bonchev–Trinajstić information content (AvgIpc) is 3.33. The van der Waals surface area contributed by atoms with Crippen molar-refractivity contribution < 1.29 is 8.42 Å². The van der Waals surface area contributed by atoms with Gasteiger partial charge in [-0.3, -0.25) is 0 Å². The first-order chi connectivity index (χ1) is 12.1. The quantitative estimate of drug-likeness (QED) is 0.761. The van der Waals surface area contributed by atoms with Crippen LogP contribution in [0.2, 0.25) is 0 Å². The third kappa shape index (κ3) is 3.33. The van der Waals surface area contributed by atoms with Gasteiger partial charge in [0.25, 0.3) is 0 Å². The standard InChI is InChI=1S/C17H22N4O2S2/c1-24-17-14(7-4-9-18-17)16-19-15(12-5-2-3-6-12)20-21(16)13-8-10-25(22,23)11-13/h4,7,9,12-13H,2-3,5-6,8,10-11H2,1H3. The lowest BCUT2D eigenvalue weighted by Gasteiger charge is -2.13. The molecule has 2 aromatic heterocycles. The van der Waals surface area contributed by atoms with Crippen LogP contribution in [0, 0.1) is 0 Å². The van der Waals surface area contributed by atoms with Gasteiger partial charge in [0.15, 0.2) is 21.5 Å². The minimum absolute atomic E-state index is 0.127. The van der Waals surface area contributed by atoms with E-state index in [4.69, 9.17) is 10.1 Å². The molecule has 8 heteroatoms. The number of aromatic nitrogens is 4. The summed E-state index contributed by atoms with van der Waals surface area (Å²) in [5.74, 6) is 2.42. The van der Waals surface area contributed by atoms with Gasteiger partial charge in [-0.25, -0.2) is 23.1 Å². The lowest BCUT2D eigenvalue weighted by atomic mass is 10.1. The van der Waals surface area contributed by atoms with Gasteiger partial charge in [0, 0.05) is 12.1 Å². The molecule has 0 N–H and O–H groups in total. The number of hydrogen-bond acceptors (Lipinski definition) is 6. The zero-order chi connectivity index (χ0) is 17.4. The van der Waals surface area contributed by atoms with Gasteiger partial charge < -0.3 is 0 Å². The molecule has 2 aromatic rings. The highest BCUT2D eigenvalue weighted by Crippen LogP contribution is 2.37. The average molecular weight is 379 g/mol. The summed E-state index contributed by atoms with van der Waals surface area (Å²) in [6.45, 7) is 0. The van der Waals surface area contributed by atoms with Crippen molar-refractivity contribution in [2.24, 2.45) is 0 Å². The lowest BCUT2D eigenvalue weighted by Crippen LogP contribution is -2.14. The number of nitrogens with zero attached hydrogens (tertiary/aromatic N) is 4. The van der Waals surface area contributed by atoms with Gasteiger partial charge in [0.2, 0.25) is 0 Å². The van der Waals surface area contributed by atoms with Crippen LogP contribution in [0.4, 0.5) is 0 Å². The summed E-state index contributed by atoms with van der Waals surface area (Å²) in [6, 6.07) is 3.77. The first-order valence-corrected chi connectivity index (χ1v) is 11.8. The van der Waals surface area contributed by atoms with Gasteiger partial charge in [-0.05, 0) is 37.7 Å². The Labute approximate surface area is 152 Å². The summed E-state index contributed by atoms with van der Waals surface area (Å²) in [5, 5.41) is 5.69. The molecule has 0 aromatic carbocycles. The van der Waals surface area contributed by atoms with Crippen LogP contribution in [-0.4, -0.2) is 45.9 Å². The van der Waals surface area contributed by atoms with E-state index in [-0.39, 0.29) is 17.5 Å². The highest BCUT2D eigenvalue weighted by Gasteiger charge is 2.33. The SMILES string of the molecule is CSc1ncccc1-c1nc(C2CCCC2)nn1C1CCS(=O)(=O)C1. The fraction of sp³-hybridized carbons (Fsp3) is 0.588. The number of thioether (sulfide) groups is 1. The van der Waals surface area contributed by atoms with Crippen molar-refractivity contribution in [2.45, 2.75) is 49.1 Å². The molecule has 2 fully saturated rings. The van der Waals surface area contributed by atoms with Gasteiger partial charge in [-0.2, -0.15) is 5.10 Å². The molecule has 6 nitrogen and oxygen atoms in total. The highest BCUT2D eigenvalue weighted by atomic mass is 32.2. The first-order valence-electron chi connectivity index (χ1n) is 8.73. The molecule has 1 atom stereocenters. The molecule has 1 aliphatic heterocycles. The van der Waals surface area contributed by atoms with Crippen molar-refractivity contribution in [3.8, 4) is 11.4 Å². The summed E-state index contributed by atoms with van der Waals surface area (Å²) in [6.07, 6.45) is 9.05. The minimum Gasteiger partial charge on any atom is -0.249 e. The Kier molecular flexibility index (Phi) is 4.58. The lowest BCUT2D eigenvalue weighted by molar-refractivity contribution is 0.493. The Bertz CT molecular complexity index is 873. The molecule has 0 bridgehead atoms. The fourth-order valence-electron chi connectivity index (χ4n) is 3.83. The molecule has 4 rings (SSSR count). The van der Waals surface area contributed by atoms with Crippen molar-refractivity contribution in [3.63, 3.8) is 0 Å². The summed E-state index contributed by atoms with van der Waals surface area (Å²) in [5.41, 5.74) is 0.941. The van der Waals surface area contributed by atoms with Gasteiger partial charge in [0.05, 0.1) is 23.1 Å². The predicted molar refractivity (Wildman–Crippen MR) is 98.6 cm³/mol. The number of rotatable bonds is 4. The summed E-state index contributed by atoms with van der Waals surface area (Å²) >= 11 is 1.57. The molecule has 2 aliphatic rings. The molecule has 1 saturated heterocycles. The van der Waals surface area contributed by atoms with Crippen molar-refractivity contribution in [1.29, 1.82) is 0 Å². The van der Waals surface area contributed by atoms with E-state index < -0.39 is 9.84 Å². The van der Waals surface area contributed by atoms with Gasteiger partial charge in [0.1, 0.15) is 5.03 Å². The number of hydrogen-bond donors (Lipinski definition) is 0. The first kappa shape index (κ1) is 17.0. The van der Waals surface area contributed by atoms with Crippen molar-refractivity contribution in [2.75, 3.05) is 17.8 Å². The van der Waals surface area contributed by atoms with Crippen LogP contribution in [-0.2, 0) is 9.84 Å². The molecule has 1 unspecified atom stereocenters. The fourth-order valence-corrected chi connectivity index (χ4v) is 6.06. The Morgan fingerprint density at radius 1 is 1.24 bits per heavy atom. The van der Waals surface area contributed by atoms with Crippen molar-refractivity contribution in [1.82, 2.24) is 19.7 Å². The second-order valence-electron chi connectivity index (χ2n) is 6.84. The molecule has 25 heavy (non-hydrogen) atoms. The Morgan fingerprint density at radius 3 is 2.72 bits per heavy atom. The zero-order valence-corrected chi connectivity index (χ0v) is 15.9. The van der Waals surface area contributed by atoms with Crippen LogP contribution in [0.5, 0.6) is 0 Å². The van der Waals surface area contributed by atoms with Crippen molar-refractivity contribution in [3.05, 3.63) is 24.2 Å². The monoisotopic (exact) mass is 378 g/mol. The molecule has 1 saturated carbocycles. The van der Waals surface area contributed by atoms with Crippen molar-refractivity contribution >= 4 is 21.6 Å². The molecule has 1 aliphatic carbocycles. The van der Waals surface area contributed by atoms with Crippen LogP contribution in [0.3, 0.4) is 0 Å². The van der Waals surface area contributed by atoms with E-state index in [9.17, 15) is 8.42 Å². The topological polar surface area (TPSA) is 77.7 Å². The Morgan fingerprint density at radius 2 is 2.04 bits per heavy atom. The largest absolute Gasteiger partial charge is 0.249 e. The second-order valence-corrected chi connectivity index (χ2v) is 9.86. The maximum Gasteiger partial charge on any atom is 0.161 e. The van der Waals surface area contributed by atoms with E-state index in [2.05, 4.69) is 4.98 Å². The van der Waals surface area contributed by atoms with E-state index >= 15 is 0 Å². The smallest absolute Gasteiger partial charge is 0.161 e. The van der Waals surface area contributed by atoms with Gasteiger partial charge >= 0.3 is 0 Å². The normalized spacial score (nSPS) is 23.3. The van der Waals surface area contributed by atoms with E-state index in [1.165, 1.54) is 12.8 Å². The second kappa shape index (κ2) is 6.72. The molecule has 0 spiro atoms. The number of sulfone groups is 1. The van der Waals surface area contributed by atoms with Crippen LogP contribution in [0.15, 0.2) is 23.4 Å². The summed E-state index contributed by atoms with van der Waals surface area (Å²) in [4.78, 5) is 9.31. The molecule has 0 amide bonds. The van der Waals surface area contributed by atoms with Crippen LogP contribution >= 0.6 is 11.8 Å². The third-order valence-corrected chi connectivity index (χ3v) is 7.59. The van der Waals surface area contributed by atoms with E-state index in [1.54, 1.807) is 18.0 Å². The van der Waals surface area contributed by atoms with Crippen LogP contribution in [0.1, 0.15) is 49.9 Å². The molecular weight excluding hydrogens is 356 g/mol. The maximum atomic E-state index is 12.0. The summed E-state index contributed by atoms with van der Waals surface area (Å²) in [7, 11) is -2.98. The summed E-state index contributed by atoms with van der Waals surface area (Å²) < 4.78 is 25.8. The van der Waals surface area contributed by atoms with Gasteiger partial charge in [-0.15, -0.1) is 11.8 Å².